The number of nitrogens with zero attached hydrogens (tertiary/aromatic N) is 3. The van der Waals surface area contributed by atoms with Crippen LogP contribution in [0.5, 0.6) is 5.75 Å². The maximum atomic E-state index is 5.78. The lowest BCUT2D eigenvalue weighted by Crippen LogP contribution is -2.17. The Morgan fingerprint density at radius 2 is 1.54 bits per heavy atom. The number of ether oxygens (including phenoxy) is 1. The van der Waals surface area contributed by atoms with Crippen molar-refractivity contribution in [1.29, 1.82) is 0 Å². The molecule has 35 heavy (non-hydrogen) atoms. The molecule has 0 amide bonds. The van der Waals surface area contributed by atoms with E-state index in [0.29, 0.717) is 0 Å². The minimum atomic E-state index is -0.0402. The molecule has 5 aromatic rings. The van der Waals surface area contributed by atoms with Gasteiger partial charge in [0.25, 0.3) is 0 Å². The van der Waals surface area contributed by atoms with Gasteiger partial charge in [-0.3, -0.25) is 0 Å². The monoisotopic (exact) mass is 477 g/mol. The summed E-state index contributed by atoms with van der Waals surface area (Å²) in [5, 5.41) is 9.91. The predicted molar refractivity (Wildman–Crippen MR) is 141 cm³/mol. The molecule has 0 radical (unpaired) electrons. The van der Waals surface area contributed by atoms with Crippen LogP contribution in [0, 0.1) is 0 Å². The van der Waals surface area contributed by atoms with Crippen LogP contribution in [0.4, 0.5) is 5.13 Å². The number of hydrazone groups is 1. The van der Waals surface area contributed by atoms with Crippen LogP contribution in [0.2, 0.25) is 0 Å². The van der Waals surface area contributed by atoms with E-state index >= 15 is 0 Å². The first kappa shape index (κ1) is 21.4. The maximum absolute atomic E-state index is 5.78. The first-order valence-electron chi connectivity index (χ1n) is 11.4. The molecular weight excluding hydrogens is 454 g/mol. The molecule has 0 saturated carbocycles. The number of aromatic nitrogens is 1. The molecule has 1 aliphatic heterocycles. The standard InChI is InChI=1S/C29H23N3O2S/c1-33-24-15-13-22(14-16-24)25-18-27(28-8-5-17-34-28)32(31-25)29-30-26(19-35-29)23-11-9-21(10-12-23)20-6-3-2-4-7-20/h2-17,19,27H,18H2,1H3/t27-/m1/s1. The topological polar surface area (TPSA) is 50.9 Å². The highest BCUT2D eigenvalue weighted by Crippen LogP contribution is 2.39. The Hall–Kier alpha value is -4.16. The molecule has 0 unspecified atom stereocenters. The number of rotatable bonds is 6. The summed E-state index contributed by atoms with van der Waals surface area (Å²) in [5.41, 5.74) is 6.49. The molecule has 3 heterocycles. The highest BCUT2D eigenvalue weighted by atomic mass is 32.1. The number of hydrogen-bond acceptors (Lipinski definition) is 6. The molecule has 6 heteroatoms. The van der Waals surface area contributed by atoms with Crippen molar-refractivity contribution in [2.45, 2.75) is 12.5 Å². The molecule has 6 rings (SSSR count). The summed E-state index contributed by atoms with van der Waals surface area (Å²) in [6.45, 7) is 0. The summed E-state index contributed by atoms with van der Waals surface area (Å²) in [7, 11) is 1.67. The Kier molecular flexibility index (Phi) is 5.64. The van der Waals surface area contributed by atoms with Crippen LogP contribution in [-0.4, -0.2) is 17.8 Å². The Morgan fingerprint density at radius 1 is 0.829 bits per heavy atom. The van der Waals surface area contributed by atoms with Gasteiger partial charge in [0.2, 0.25) is 5.13 Å². The van der Waals surface area contributed by atoms with Crippen molar-refractivity contribution in [1.82, 2.24) is 4.98 Å². The van der Waals surface area contributed by atoms with E-state index in [9.17, 15) is 0 Å². The van der Waals surface area contributed by atoms with Gasteiger partial charge in [-0.05, 0) is 53.1 Å². The minimum Gasteiger partial charge on any atom is -0.497 e. The average molecular weight is 478 g/mol. The van der Waals surface area contributed by atoms with Gasteiger partial charge in [0.15, 0.2) is 0 Å². The van der Waals surface area contributed by atoms with Gasteiger partial charge < -0.3 is 9.15 Å². The van der Waals surface area contributed by atoms with E-state index in [1.165, 1.54) is 11.1 Å². The van der Waals surface area contributed by atoms with E-state index in [-0.39, 0.29) is 6.04 Å². The fourth-order valence-electron chi connectivity index (χ4n) is 4.31. The molecule has 0 saturated heterocycles. The van der Waals surface area contributed by atoms with Gasteiger partial charge in [0.1, 0.15) is 17.6 Å². The molecule has 2 aromatic heterocycles. The van der Waals surface area contributed by atoms with Crippen molar-refractivity contribution in [2.24, 2.45) is 5.10 Å². The Labute approximate surface area is 208 Å². The zero-order valence-corrected chi connectivity index (χ0v) is 20.0. The van der Waals surface area contributed by atoms with E-state index < -0.39 is 0 Å². The summed E-state index contributed by atoms with van der Waals surface area (Å²) >= 11 is 1.59. The van der Waals surface area contributed by atoms with Crippen molar-refractivity contribution in [3.63, 3.8) is 0 Å². The molecule has 0 fully saturated rings. The first-order valence-corrected chi connectivity index (χ1v) is 12.3. The summed E-state index contributed by atoms with van der Waals surface area (Å²) in [4.78, 5) is 4.96. The van der Waals surface area contributed by atoms with Gasteiger partial charge >= 0.3 is 0 Å². The first-order chi connectivity index (χ1) is 17.3. The van der Waals surface area contributed by atoms with Gasteiger partial charge in [0, 0.05) is 17.4 Å². The Morgan fingerprint density at radius 3 is 2.26 bits per heavy atom. The van der Waals surface area contributed by atoms with Crippen molar-refractivity contribution in [2.75, 3.05) is 12.1 Å². The predicted octanol–water partition coefficient (Wildman–Crippen LogP) is 7.43. The van der Waals surface area contributed by atoms with Crippen molar-refractivity contribution in [3.8, 4) is 28.1 Å². The molecule has 3 aromatic carbocycles. The molecule has 1 aliphatic rings. The van der Waals surface area contributed by atoms with Crippen LogP contribution in [0.15, 0.2) is 112 Å². The molecule has 172 valence electrons. The van der Waals surface area contributed by atoms with E-state index in [1.807, 2.05) is 47.5 Å². The Balaban J connectivity index is 1.30. The van der Waals surface area contributed by atoms with Crippen molar-refractivity contribution >= 4 is 22.2 Å². The van der Waals surface area contributed by atoms with Gasteiger partial charge in [0.05, 0.1) is 24.8 Å². The molecule has 0 N–H and O–H groups in total. The van der Waals surface area contributed by atoms with Crippen LogP contribution < -0.4 is 9.75 Å². The second-order valence-corrected chi connectivity index (χ2v) is 9.15. The lowest BCUT2D eigenvalue weighted by molar-refractivity contribution is 0.415. The van der Waals surface area contributed by atoms with Crippen molar-refractivity contribution < 1.29 is 9.15 Å². The summed E-state index contributed by atoms with van der Waals surface area (Å²) < 4.78 is 11.1. The fourth-order valence-corrected chi connectivity index (χ4v) is 5.15. The molecule has 1 atom stereocenters. The highest BCUT2D eigenvalue weighted by Gasteiger charge is 2.33. The molecule has 5 nitrogen and oxygen atoms in total. The highest BCUT2D eigenvalue weighted by molar-refractivity contribution is 7.14. The number of thiazole rings is 1. The van der Waals surface area contributed by atoms with E-state index in [0.717, 1.165) is 45.6 Å². The molecule has 0 bridgehead atoms. The quantitative estimate of drug-likeness (QED) is 0.255. The van der Waals surface area contributed by atoms with Gasteiger partial charge in [-0.15, -0.1) is 11.3 Å². The Bertz CT molecular complexity index is 1440. The average Bonchev–Trinajstić information content (AvgIpc) is 3.70. The van der Waals surface area contributed by atoms with Crippen LogP contribution in [-0.2, 0) is 0 Å². The largest absolute Gasteiger partial charge is 0.497 e. The van der Waals surface area contributed by atoms with Crippen LogP contribution in [0.1, 0.15) is 23.8 Å². The SMILES string of the molecule is COc1ccc(C2=NN(c3nc(-c4ccc(-c5ccccc5)cc4)cs3)[C@@H](c3ccco3)C2)cc1. The number of benzene rings is 3. The van der Waals surface area contributed by atoms with Crippen LogP contribution >= 0.6 is 11.3 Å². The molecular formula is C29H23N3O2S. The third-order valence-electron chi connectivity index (χ3n) is 6.18. The van der Waals surface area contributed by atoms with Gasteiger partial charge in [-0.1, -0.05) is 54.6 Å². The minimum absolute atomic E-state index is 0.0402. The number of hydrogen-bond donors (Lipinski definition) is 0. The van der Waals surface area contributed by atoms with Crippen molar-refractivity contribution in [3.05, 3.63) is 114 Å². The normalized spacial score (nSPS) is 15.3. The summed E-state index contributed by atoms with van der Waals surface area (Å²) in [6, 6.07) is 30.8. The third-order valence-corrected chi connectivity index (χ3v) is 7.01. The van der Waals surface area contributed by atoms with Crippen LogP contribution in [0.3, 0.4) is 0 Å². The number of furan rings is 1. The van der Waals surface area contributed by atoms with Gasteiger partial charge in [-0.2, -0.15) is 5.10 Å². The zero-order chi connectivity index (χ0) is 23.6. The van der Waals surface area contributed by atoms with E-state index in [2.05, 4.69) is 53.9 Å². The summed E-state index contributed by atoms with van der Waals surface area (Å²) in [5.74, 6) is 1.70. The second-order valence-electron chi connectivity index (χ2n) is 8.31. The second kappa shape index (κ2) is 9.24. The number of anilines is 1. The summed E-state index contributed by atoms with van der Waals surface area (Å²) in [6.07, 6.45) is 2.45. The lowest BCUT2D eigenvalue weighted by atomic mass is 10.0. The molecule has 0 spiro atoms. The fraction of sp³-hybridized carbons (Fsp3) is 0.103. The van der Waals surface area contributed by atoms with E-state index in [4.69, 9.17) is 19.2 Å². The maximum Gasteiger partial charge on any atom is 0.207 e. The third kappa shape index (κ3) is 4.24. The number of methoxy groups -OCH3 is 1. The lowest BCUT2D eigenvalue weighted by Gasteiger charge is -2.18. The van der Waals surface area contributed by atoms with Gasteiger partial charge in [-0.25, -0.2) is 9.99 Å². The molecule has 0 aliphatic carbocycles. The smallest absolute Gasteiger partial charge is 0.207 e. The zero-order valence-electron chi connectivity index (χ0n) is 19.2. The van der Waals surface area contributed by atoms with E-state index in [1.54, 1.807) is 24.7 Å². The van der Waals surface area contributed by atoms with Crippen LogP contribution in [0.25, 0.3) is 22.4 Å².